The third-order valence-corrected chi connectivity index (χ3v) is 3.79. The molecule has 0 bridgehead atoms. The molecule has 0 unspecified atom stereocenters. The minimum Gasteiger partial charge on any atom is -0.338 e. The van der Waals surface area contributed by atoms with Crippen molar-refractivity contribution >= 4 is 34.1 Å². The Morgan fingerprint density at radius 3 is 2.78 bits per heavy atom. The van der Waals surface area contributed by atoms with Gasteiger partial charge in [-0.05, 0) is 42.8 Å². The molecule has 1 heterocycles. The number of halogens is 1. The lowest BCUT2D eigenvalue weighted by atomic mass is 10.2. The van der Waals surface area contributed by atoms with Crippen LogP contribution in [-0.4, -0.2) is 10.5 Å². The standard InChI is InChI=1S/C18H15ClN2O2/c1-12-3-2-4-14(9-12)20-18(23)11-21-8-7-17(22)15-6-5-13(19)10-16(15)21/h2-10H,11H2,1H3,(H,20,23). The van der Waals surface area contributed by atoms with Gasteiger partial charge in [0.05, 0.1) is 5.52 Å². The molecule has 1 aromatic heterocycles. The molecule has 0 fully saturated rings. The van der Waals surface area contributed by atoms with Gasteiger partial charge >= 0.3 is 0 Å². The normalized spacial score (nSPS) is 10.7. The first-order chi connectivity index (χ1) is 11.0. The predicted octanol–water partition coefficient (Wildman–Crippen LogP) is 3.60. The summed E-state index contributed by atoms with van der Waals surface area (Å²) in [7, 11) is 0. The van der Waals surface area contributed by atoms with Gasteiger partial charge in [0, 0.05) is 28.4 Å². The number of pyridine rings is 1. The Hall–Kier alpha value is -2.59. The summed E-state index contributed by atoms with van der Waals surface area (Å²) in [6.45, 7) is 2.07. The average Bonchev–Trinajstić information content (AvgIpc) is 2.50. The molecule has 5 heteroatoms. The number of nitrogens with zero attached hydrogens (tertiary/aromatic N) is 1. The molecule has 0 saturated heterocycles. The molecule has 2 aromatic carbocycles. The average molecular weight is 327 g/mol. The number of carbonyl (C=O) groups is 1. The monoisotopic (exact) mass is 326 g/mol. The highest BCUT2D eigenvalue weighted by molar-refractivity contribution is 6.31. The first kappa shape index (κ1) is 15.3. The van der Waals surface area contributed by atoms with Crippen molar-refractivity contribution in [2.24, 2.45) is 0 Å². The number of amides is 1. The summed E-state index contributed by atoms with van der Waals surface area (Å²) in [5.74, 6) is -0.166. The molecule has 0 aliphatic rings. The Bertz CT molecular complexity index is 947. The lowest BCUT2D eigenvalue weighted by Gasteiger charge is -2.11. The highest BCUT2D eigenvalue weighted by atomic mass is 35.5. The van der Waals surface area contributed by atoms with E-state index in [1.807, 2.05) is 31.2 Å². The fourth-order valence-corrected chi connectivity index (χ4v) is 2.66. The van der Waals surface area contributed by atoms with Crippen molar-refractivity contribution in [3.63, 3.8) is 0 Å². The van der Waals surface area contributed by atoms with Gasteiger partial charge in [-0.2, -0.15) is 0 Å². The first-order valence-corrected chi connectivity index (χ1v) is 7.56. The van der Waals surface area contributed by atoms with E-state index in [0.29, 0.717) is 15.9 Å². The topological polar surface area (TPSA) is 51.1 Å². The van der Waals surface area contributed by atoms with E-state index < -0.39 is 0 Å². The van der Waals surface area contributed by atoms with Gasteiger partial charge in [0.1, 0.15) is 6.54 Å². The summed E-state index contributed by atoms with van der Waals surface area (Å²) in [6.07, 6.45) is 1.61. The molecule has 0 atom stereocenters. The van der Waals surface area contributed by atoms with Crippen LogP contribution in [0.15, 0.2) is 59.5 Å². The van der Waals surface area contributed by atoms with Crippen LogP contribution < -0.4 is 10.7 Å². The number of carbonyl (C=O) groups excluding carboxylic acids is 1. The zero-order chi connectivity index (χ0) is 16.4. The Kier molecular flexibility index (Phi) is 4.17. The SMILES string of the molecule is Cc1cccc(NC(=O)Cn2ccc(=O)c3ccc(Cl)cc32)c1. The van der Waals surface area contributed by atoms with Crippen molar-refractivity contribution in [3.05, 3.63) is 75.5 Å². The lowest BCUT2D eigenvalue weighted by molar-refractivity contribution is -0.116. The number of anilines is 1. The van der Waals surface area contributed by atoms with Gasteiger partial charge in [-0.3, -0.25) is 9.59 Å². The van der Waals surface area contributed by atoms with Crippen molar-refractivity contribution in [1.82, 2.24) is 4.57 Å². The second kappa shape index (κ2) is 6.26. The Morgan fingerprint density at radius 2 is 2.00 bits per heavy atom. The second-order valence-electron chi connectivity index (χ2n) is 5.39. The number of nitrogens with one attached hydrogen (secondary N) is 1. The Balaban J connectivity index is 1.89. The third-order valence-electron chi connectivity index (χ3n) is 3.56. The quantitative estimate of drug-likeness (QED) is 0.799. The van der Waals surface area contributed by atoms with Gasteiger partial charge in [-0.25, -0.2) is 0 Å². The molecule has 4 nitrogen and oxygen atoms in total. The number of aryl methyl sites for hydroxylation is 1. The van der Waals surface area contributed by atoms with Crippen LogP contribution in [0.5, 0.6) is 0 Å². The number of fused-ring (bicyclic) bond motifs is 1. The highest BCUT2D eigenvalue weighted by Crippen LogP contribution is 2.17. The molecule has 1 N–H and O–H groups in total. The maximum Gasteiger partial charge on any atom is 0.244 e. The smallest absolute Gasteiger partial charge is 0.244 e. The molecular weight excluding hydrogens is 312 g/mol. The fourth-order valence-electron chi connectivity index (χ4n) is 2.49. The zero-order valence-electron chi connectivity index (χ0n) is 12.5. The number of aromatic nitrogens is 1. The van der Waals surface area contributed by atoms with Gasteiger partial charge in [0.2, 0.25) is 5.91 Å². The molecule has 0 aliphatic carbocycles. The van der Waals surface area contributed by atoms with Crippen LogP contribution >= 0.6 is 11.6 Å². The maximum absolute atomic E-state index is 12.3. The molecule has 116 valence electrons. The van der Waals surface area contributed by atoms with Crippen LogP contribution in [0.3, 0.4) is 0 Å². The third kappa shape index (κ3) is 3.43. The molecular formula is C18H15ClN2O2. The maximum atomic E-state index is 12.3. The van der Waals surface area contributed by atoms with Crippen LogP contribution in [0.2, 0.25) is 5.02 Å². The molecule has 1 amide bonds. The summed E-state index contributed by atoms with van der Waals surface area (Å²) >= 11 is 6.01. The van der Waals surface area contributed by atoms with Crippen LogP contribution in [0.4, 0.5) is 5.69 Å². The van der Waals surface area contributed by atoms with E-state index >= 15 is 0 Å². The van der Waals surface area contributed by atoms with Crippen molar-refractivity contribution < 1.29 is 4.79 Å². The van der Waals surface area contributed by atoms with Gasteiger partial charge in [0.15, 0.2) is 5.43 Å². The number of hydrogen-bond acceptors (Lipinski definition) is 2. The van der Waals surface area contributed by atoms with Gasteiger partial charge in [-0.1, -0.05) is 23.7 Å². The first-order valence-electron chi connectivity index (χ1n) is 7.18. The molecule has 3 aromatic rings. The van der Waals surface area contributed by atoms with E-state index in [1.165, 1.54) is 6.07 Å². The van der Waals surface area contributed by atoms with Gasteiger partial charge in [0.25, 0.3) is 0 Å². The van der Waals surface area contributed by atoms with Crippen LogP contribution in [-0.2, 0) is 11.3 Å². The van der Waals surface area contributed by atoms with Gasteiger partial charge in [-0.15, -0.1) is 0 Å². The van der Waals surface area contributed by atoms with E-state index in [4.69, 9.17) is 11.6 Å². The lowest BCUT2D eigenvalue weighted by Crippen LogP contribution is -2.20. The highest BCUT2D eigenvalue weighted by Gasteiger charge is 2.08. The minimum absolute atomic E-state index is 0.0907. The summed E-state index contributed by atoms with van der Waals surface area (Å²) in [6, 6.07) is 14.1. The van der Waals surface area contributed by atoms with E-state index in [9.17, 15) is 9.59 Å². The van der Waals surface area contributed by atoms with Crippen LogP contribution in [0.1, 0.15) is 5.56 Å². The van der Waals surface area contributed by atoms with E-state index in [0.717, 1.165) is 11.3 Å². The van der Waals surface area contributed by atoms with Crippen LogP contribution in [0, 0.1) is 6.92 Å². The molecule has 0 saturated carbocycles. The summed E-state index contributed by atoms with van der Waals surface area (Å²) in [4.78, 5) is 24.2. The van der Waals surface area contributed by atoms with Gasteiger partial charge < -0.3 is 9.88 Å². The van der Waals surface area contributed by atoms with E-state index in [1.54, 1.807) is 29.0 Å². The Morgan fingerprint density at radius 1 is 1.17 bits per heavy atom. The van der Waals surface area contributed by atoms with Crippen molar-refractivity contribution in [3.8, 4) is 0 Å². The summed E-state index contributed by atoms with van der Waals surface area (Å²) in [5, 5.41) is 3.92. The minimum atomic E-state index is -0.166. The number of hydrogen-bond donors (Lipinski definition) is 1. The molecule has 0 spiro atoms. The number of rotatable bonds is 3. The summed E-state index contributed by atoms with van der Waals surface area (Å²) < 4.78 is 1.72. The van der Waals surface area contributed by atoms with Crippen molar-refractivity contribution in [2.45, 2.75) is 13.5 Å². The molecule has 0 radical (unpaired) electrons. The predicted molar refractivity (Wildman–Crippen MR) is 93.0 cm³/mol. The largest absolute Gasteiger partial charge is 0.338 e. The van der Waals surface area contributed by atoms with Crippen LogP contribution in [0.25, 0.3) is 10.9 Å². The van der Waals surface area contributed by atoms with E-state index in [-0.39, 0.29) is 17.9 Å². The van der Waals surface area contributed by atoms with Crippen molar-refractivity contribution in [1.29, 1.82) is 0 Å². The molecule has 23 heavy (non-hydrogen) atoms. The molecule has 0 aliphatic heterocycles. The summed E-state index contributed by atoms with van der Waals surface area (Å²) in [5.41, 5.74) is 2.37. The zero-order valence-corrected chi connectivity index (χ0v) is 13.3. The van der Waals surface area contributed by atoms with Crippen molar-refractivity contribution in [2.75, 3.05) is 5.32 Å². The molecule has 3 rings (SSSR count). The Labute approximate surface area is 138 Å². The fraction of sp³-hybridized carbons (Fsp3) is 0.111. The number of benzene rings is 2. The van der Waals surface area contributed by atoms with E-state index in [2.05, 4.69) is 5.32 Å². The second-order valence-corrected chi connectivity index (χ2v) is 5.82.